The zero-order chi connectivity index (χ0) is 15.4. The van der Waals surface area contributed by atoms with Gasteiger partial charge in [-0.05, 0) is 31.0 Å². The third-order valence-electron chi connectivity index (χ3n) is 3.46. The molecule has 3 amide bonds. The van der Waals surface area contributed by atoms with Gasteiger partial charge >= 0.3 is 6.03 Å². The first-order chi connectivity index (χ1) is 9.95. The van der Waals surface area contributed by atoms with Crippen LogP contribution in [0.25, 0.3) is 0 Å². The Hall–Kier alpha value is -2.12. The minimum atomic E-state index is -0.616. The van der Waals surface area contributed by atoms with Crippen molar-refractivity contribution in [3.8, 4) is 0 Å². The maximum Gasteiger partial charge on any atom is 0.316 e. The minimum absolute atomic E-state index is 0.126. The van der Waals surface area contributed by atoms with Crippen LogP contribution in [0.1, 0.15) is 24.9 Å². The highest BCUT2D eigenvalue weighted by Crippen LogP contribution is 2.17. The molecule has 3 atom stereocenters. The van der Waals surface area contributed by atoms with E-state index in [2.05, 4.69) is 16.0 Å². The van der Waals surface area contributed by atoms with Crippen molar-refractivity contribution in [1.29, 1.82) is 0 Å². The van der Waals surface area contributed by atoms with E-state index in [1.165, 1.54) is 0 Å². The first-order valence-corrected chi connectivity index (χ1v) is 6.84. The summed E-state index contributed by atoms with van der Waals surface area (Å²) in [6.07, 6.45) is -0.0322. The molecule has 1 aliphatic rings. The number of β-amino-alcohol motifs (C(OH)–C–C–N with tert-alkyl or cyclic N) is 1. The van der Waals surface area contributed by atoms with Crippen LogP contribution in [-0.2, 0) is 4.79 Å². The zero-order valence-corrected chi connectivity index (χ0v) is 11.8. The maximum absolute atomic E-state index is 12.0. The number of urea groups is 1. The van der Waals surface area contributed by atoms with Crippen LogP contribution in [-0.4, -0.2) is 35.7 Å². The van der Waals surface area contributed by atoms with Gasteiger partial charge in [0.05, 0.1) is 18.2 Å². The summed E-state index contributed by atoms with van der Waals surface area (Å²) in [6.45, 7) is 2.32. The molecule has 0 aliphatic carbocycles. The van der Waals surface area contributed by atoms with Gasteiger partial charge in [0.15, 0.2) is 0 Å². The van der Waals surface area contributed by atoms with Crippen molar-refractivity contribution < 1.29 is 14.7 Å². The molecule has 7 nitrogen and oxygen atoms in total. The van der Waals surface area contributed by atoms with E-state index in [1.807, 2.05) is 19.1 Å². The Kier molecular flexibility index (Phi) is 4.77. The van der Waals surface area contributed by atoms with E-state index < -0.39 is 12.1 Å². The second-order valence-corrected chi connectivity index (χ2v) is 5.19. The molecule has 1 aliphatic heterocycles. The third-order valence-corrected chi connectivity index (χ3v) is 3.46. The summed E-state index contributed by atoms with van der Waals surface area (Å²) in [6, 6.07) is 5.94. The highest BCUT2D eigenvalue weighted by atomic mass is 16.3. The molecule has 6 N–H and O–H groups in total. The van der Waals surface area contributed by atoms with Crippen LogP contribution in [0.2, 0.25) is 0 Å². The number of anilines is 1. The molecule has 7 heteroatoms. The van der Waals surface area contributed by atoms with Crippen molar-refractivity contribution >= 4 is 17.6 Å². The van der Waals surface area contributed by atoms with Crippen molar-refractivity contribution in [2.24, 2.45) is 5.73 Å². The van der Waals surface area contributed by atoms with E-state index >= 15 is 0 Å². The third kappa shape index (κ3) is 4.17. The standard InChI is InChI=1S/C14H20N4O3/c1-8(17-13(20)12-6-11(19)7-16-12)9-2-4-10(5-3-9)18-14(15)21/h2-5,8,11-12,16,19H,6-7H2,1H3,(H,17,20)(H3,15,18,21). The Morgan fingerprint density at radius 3 is 2.57 bits per heavy atom. The molecular formula is C14H20N4O3. The molecule has 1 fully saturated rings. The number of carbonyl (C=O) groups excluding carboxylic acids is 2. The van der Waals surface area contributed by atoms with Crippen LogP contribution >= 0.6 is 0 Å². The van der Waals surface area contributed by atoms with Crippen LogP contribution in [0.3, 0.4) is 0 Å². The van der Waals surface area contributed by atoms with Crippen LogP contribution in [0.5, 0.6) is 0 Å². The largest absolute Gasteiger partial charge is 0.392 e. The quantitative estimate of drug-likeness (QED) is 0.540. The fraction of sp³-hybridized carbons (Fsp3) is 0.429. The van der Waals surface area contributed by atoms with Gasteiger partial charge in [0.2, 0.25) is 5.91 Å². The topological polar surface area (TPSA) is 116 Å². The summed E-state index contributed by atoms with van der Waals surface area (Å²) in [5.74, 6) is -0.126. The average molecular weight is 292 g/mol. The minimum Gasteiger partial charge on any atom is -0.392 e. The molecule has 2 rings (SSSR count). The van der Waals surface area contributed by atoms with Gasteiger partial charge in [-0.25, -0.2) is 4.79 Å². The van der Waals surface area contributed by atoms with Crippen LogP contribution < -0.4 is 21.7 Å². The Morgan fingerprint density at radius 2 is 2.05 bits per heavy atom. The number of amides is 3. The lowest BCUT2D eigenvalue weighted by Crippen LogP contribution is -2.41. The number of hydrogen-bond donors (Lipinski definition) is 5. The van der Waals surface area contributed by atoms with E-state index in [4.69, 9.17) is 5.73 Å². The number of rotatable bonds is 4. The molecule has 1 saturated heterocycles. The monoisotopic (exact) mass is 292 g/mol. The van der Waals surface area contributed by atoms with Gasteiger partial charge in [0.1, 0.15) is 0 Å². The lowest BCUT2D eigenvalue weighted by Gasteiger charge is -2.18. The highest BCUT2D eigenvalue weighted by molar-refractivity contribution is 5.87. The summed E-state index contributed by atoms with van der Waals surface area (Å²) in [5.41, 5.74) is 6.55. The number of hydrogen-bond acceptors (Lipinski definition) is 4. The molecule has 3 unspecified atom stereocenters. The van der Waals surface area contributed by atoms with Crippen molar-refractivity contribution in [2.75, 3.05) is 11.9 Å². The van der Waals surface area contributed by atoms with Gasteiger partial charge in [0, 0.05) is 12.2 Å². The zero-order valence-electron chi connectivity index (χ0n) is 11.8. The average Bonchev–Trinajstić information content (AvgIpc) is 2.85. The number of carbonyl (C=O) groups is 2. The van der Waals surface area contributed by atoms with Crippen molar-refractivity contribution in [2.45, 2.75) is 31.5 Å². The van der Waals surface area contributed by atoms with Crippen LogP contribution in [0, 0.1) is 0 Å². The summed E-state index contributed by atoms with van der Waals surface area (Å²) < 4.78 is 0. The van der Waals surface area contributed by atoms with E-state index in [-0.39, 0.29) is 18.0 Å². The molecular weight excluding hydrogens is 272 g/mol. The van der Waals surface area contributed by atoms with Crippen molar-refractivity contribution in [3.05, 3.63) is 29.8 Å². The summed E-state index contributed by atoms with van der Waals surface area (Å²) in [7, 11) is 0. The molecule has 0 aromatic heterocycles. The van der Waals surface area contributed by atoms with E-state index in [0.29, 0.717) is 18.7 Å². The molecule has 0 saturated carbocycles. The first kappa shape index (κ1) is 15.3. The van der Waals surface area contributed by atoms with Gasteiger partial charge in [-0.1, -0.05) is 12.1 Å². The normalized spacial score (nSPS) is 22.6. The van der Waals surface area contributed by atoms with Gasteiger partial charge in [-0.15, -0.1) is 0 Å². The Balaban J connectivity index is 1.92. The van der Waals surface area contributed by atoms with E-state index in [1.54, 1.807) is 12.1 Å². The van der Waals surface area contributed by atoms with Crippen molar-refractivity contribution in [3.63, 3.8) is 0 Å². The molecule has 1 aromatic carbocycles. The second-order valence-electron chi connectivity index (χ2n) is 5.19. The van der Waals surface area contributed by atoms with Gasteiger partial charge < -0.3 is 26.8 Å². The van der Waals surface area contributed by atoms with Gasteiger partial charge in [0.25, 0.3) is 0 Å². The smallest absolute Gasteiger partial charge is 0.316 e. The summed E-state index contributed by atoms with van der Waals surface area (Å²) in [4.78, 5) is 22.8. The lowest BCUT2D eigenvalue weighted by molar-refractivity contribution is -0.123. The highest BCUT2D eigenvalue weighted by Gasteiger charge is 2.28. The molecule has 114 valence electrons. The fourth-order valence-corrected chi connectivity index (χ4v) is 2.31. The number of nitrogens with one attached hydrogen (secondary N) is 3. The summed E-state index contributed by atoms with van der Waals surface area (Å²) >= 11 is 0. The predicted molar refractivity (Wildman–Crippen MR) is 78.6 cm³/mol. The van der Waals surface area contributed by atoms with Crippen LogP contribution in [0.4, 0.5) is 10.5 Å². The molecule has 0 bridgehead atoms. The van der Waals surface area contributed by atoms with Gasteiger partial charge in [-0.2, -0.15) is 0 Å². The SMILES string of the molecule is CC(NC(=O)C1CC(O)CN1)c1ccc(NC(N)=O)cc1. The molecule has 21 heavy (non-hydrogen) atoms. The number of aliphatic hydroxyl groups excluding tert-OH is 1. The number of primary amides is 1. The summed E-state index contributed by atoms with van der Waals surface area (Å²) in [5, 5.41) is 17.8. The molecule has 1 heterocycles. The number of benzene rings is 1. The first-order valence-electron chi connectivity index (χ1n) is 6.84. The maximum atomic E-state index is 12.0. The van der Waals surface area contributed by atoms with Gasteiger partial charge in [-0.3, -0.25) is 4.79 Å². The molecule has 0 radical (unpaired) electrons. The molecule has 0 spiro atoms. The Bertz CT molecular complexity index is 517. The Labute approximate surface area is 122 Å². The fourth-order valence-electron chi connectivity index (χ4n) is 2.31. The Morgan fingerprint density at radius 1 is 1.38 bits per heavy atom. The van der Waals surface area contributed by atoms with Crippen molar-refractivity contribution in [1.82, 2.24) is 10.6 Å². The number of aliphatic hydroxyl groups is 1. The van der Waals surface area contributed by atoms with E-state index in [0.717, 1.165) is 5.56 Å². The van der Waals surface area contributed by atoms with E-state index in [9.17, 15) is 14.7 Å². The lowest BCUT2D eigenvalue weighted by atomic mass is 10.1. The predicted octanol–water partition coefficient (Wildman–Crippen LogP) is 0.0772. The van der Waals surface area contributed by atoms with Crippen LogP contribution in [0.15, 0.2) is 24.3 Å². The molecule has 1 aromatic rings. The number of nitrogens with two attached hydrogens (primary N) is 1. The second kappa shape index (κ2) is 6.55.